The number of hydrogen-bond donors (Lipinski definition) is 3. The van der Waals surface area contributed by atoms with Gasteiger partial charge in [-0.25, -0.2) is 4.72 Å². The SMILES string of the molecule is CC(CO)CCCNS(=O)(=O)N1CCC(C(=O)O)CC1. The van der Waals surface area contributed by atoms with Crippen LogP contribution in [0.2, 0.25) is 0 Å². The third-order valence-electron chi connectivity index (χ3n) is 3.61. The van der Waals surface area contributed by atoms with Crippen molar-refractivity contribution in [2.45, 2.75) is 32.6 Å². The number of carboxylic acids is 1. The van der Waals surface area contributed by atoms with Crippen molar-refractivity contribution < 1.29 is 23.4 Å². The summed E-state index contributed by atoms with van der Waals surface area (Å²) in [6, 6.07) is 0. The van der Waals surface area contributed by atoms with Crippen LogP contribution in [0.15, 0.2) is 0 Å². The first kappa shape index (κ1) is 17.4. The van der Waals surface area contributed by atoms with Crippen molar-refractivity contribution >= 4 is 16.2 Å². The van der Waals surface area contributed by atoms with Crippen molar-refractivity contribution in [3.63, 3.8) is 0 Å². The maximum absolute atomic E-state index is 12.0. The zero-order valence-corrected chi connectivity index (χ0v) is 12.6. The second kappa shape index (κ2) is 7.92. The van der Waals surface area contributed by atoms with Crippen LogP contribution in [0.4, 0.5) is 0 Å². The summed E-state index contributed by atoms with van der Waals surface area (Å²) < 4.78 is 27.8. The van der Waals surface area contributed by atoms with Crippen molar-refractivity contribution in [1.29, 1.82) is 0 Å². The van der Waals surface area contributed by atoms with E-state index in [0.717, 1.165) is 6.42 Å². The molecule has 0 radical (unpaired) electrons. The number of carbonyl (C=O) groups is 1. The van der Waals surface area contributed by atoms with E-state index in [9.17, 15) is 13.2 Å². The van der Waals surface area contributed by atoms with Gasteiger partial charge in [-0.1, -0.05) is 6.92 Å². The number of carboxylic acid groups (broad SMARTS) is 1. The van der Waals surface area contributed by atoms with Crippen LogP contribution in [0, 0.1) is 11.8 Å². The van der Waals surface area contributed by atoms with Crippen LogP contribution >= 0.6 is 0 Å². The van der Waals surface area contributed by atoms with E-state index >= 15 is 0 Å². The molecule has 1 saturated heterocycles. The summed E-state index contributed by atoms with van der Waals surface area (Å²) in [6.45, 7) is 2.85. The van der Waals surface area contributed by atoms with Gasteiger partial charge < -0.3 is 10.2 Å². The predicted molar refractivity (Wildman–Crippen MR) is 74.3 cm³/mol. The fourth-order valence-electron chi connectivity index (χ4n) is 2.18. The quantitative estimate of drug-likeness (QED) is 0.548. The molecule has 20 heavy (non-hydrogen) atoms. The summed E-state index contributed by atoms with van der Waals surface area (Å²) in [5.41, 5.74) is 0. The molecule has 0 spiro atoms. The molecule has 1 aliphatic rings. The van der Waals surface area contributed by atoms with Gasteiger partial charge in [0.2, 0.25) is 0 Å². The van der Waals surface area contributed by atoms with E-state index in [-0.39, 0.29) is 25.6 Å². The Balaban J connectivity index is 2.33. The highest BCUT2D eigenvalue weighted by Gasteiger charge is 2.30. The van der Waals surface area contributed by atoms with E-state index in [4.69, 9.17) is 10.2 Å². The van der Waals surface area contributed by atoms with E-state index in [1.165, 1.54) is 4.31 Å². The van der Waals surface area contributed by atoms with Crippen molar-refractivity contribution in [2.24, 2.45) is 11.8 Å². The molecule has 3 N–H and O–H groups in total. The number of piperidine rings is 1. The van der Waals surface area contributed by atoms with Gasteiger partial charge in [-0.3, -0.25) is 4.79 Å². The van der Waals surface area contributed by atoms with Crippen LogP contribution in [-0.4, -0.2) is 55.1 Å². The van der Waals surface area contributed by atoms with Gasteiger partial charge in [0.25, 0.3) is 10.2 Å². The Labute approximate surface area is 120 Å². The molecule has 0 bridgehead atoms. The van der Waals surface area contributed by atoms with Crippen LogP contribution < -0.4 is 4.72 Å². The first-order valence-corrected chi connectivity index (χ1v) is 8.39. The molecule has 7 nitrogen and oxygen atoms in total. The lowest BCUT2D eigenvalue weighted by molar-refractivity contribution is -0.142. The molecule has 0 aromatic heterocycles. The maximum atomic E-state index is 12.0. The molecular formula is C12H24N2O5S. The molecule has 0 amide bonds. The molecule has 118 valence electrons. The summed E-state index contributed by atoms with van der Waals surface area (Å²) in [4.78, 5) is 10.8. The molecule has 1 rings (SSSR count). The molecule has 0 saturated carbocycles. The van der Waals surface area contributed by atoms with Gasteiger partial charge in [0.05, 0.1) is 5.92 Å². The highest BCUT2D eigenvalue weighted by Crippen LogP contribution is 2.19. The highest BCUT2D eigenvalue weighted by atomic mass is 32.2. The van der Waals surface area contributed by atoms with Crippen molar-refractivity contribution in [3.05, 3.63) is 0 Å². The Kier molecular flexibility index (Phi) is 6.87. The first-order valence-electron chi connectivity index (χ1n) is 6.95. The average Bonchev–Trinajstić information content (AvgIpc) is 2.43. The van der Waals surface area contributed by atoms with E-state index in [1.807, 2.05) is 6.92 Å². The number of aliphatic hydroxyl groups excluding tert-OH is 1. The number of nitrogens with one attached hydrogen (secondary N) is 1. The Morgan fingerprint density at radius 3 is 2.50 bits per heavy atom. The van der Waals surface area contributed by atoms with Crippen molar-refractivity contribution in [3.8, 4) is 0 Å². The van der Waals surface area contributed by atoms with Gasteiger partial charge >= 0.3 is 5.97 Å². The predicted octanol–water partition coefficient (Wildman–Crippen LogP) is 0.0260. The average molecular weight is 308 g/mol. The number of aliphatic carboxylic acids is 1. The molecule has 1 aliphatic heterocycles. The second-order valence-electron chi connectivity index (χ2n) is 5.34. The normalized spacial score (nSPS) is 19.9. The fourth-order valence-corrected chi connectivity index (χ4v) is 3.45. The largest absolute Gasteiger partial charge is 0.481 e. The first-order chi connectivity index (χ1) is 9.36. The molecule has 1 atom stereocenters. The van der Waals surface area contributed by atoms with E-state index in [2.05, 4.69) is 4.72 Å². The number of rotatable bonds is 8. The monoisotopic (exact) mass is 308 g/mol. The number of hydrogen-bond acceptors (Lipinski definition) is 4. The molecule has 0 aromatic rings. The van der Waals surface area contributed by atoms with E-state index in [0.29, 0.717) is 25.8 Å². The Morgan fingerprint density at radius 2 is 2.00 bits per heavy atom. The molecular weight excluding hydrogens is 284 g/mol. The molecule has 8 heteroatoms. The zero-order valence-electron chi connectivity index (χ0n) is 11.8. The topological polar surface area (TPSA) is 107 Å². The summed E-state index contributed by atoms with van der Waals surface area (Å²) in [5.74, 6) is -1.12. The molecule has 0 aliphatic carbocycles. The Morgan fingerprint density at radius 1 is 1.40 bits per heavy atom. The van der Waals surface area contributed by atoms with Gasteiger partial charge in [-0.05, 0) is 31.6 Å². The van der Waals surface area contributed by atoms with Gasteiger partial charge in [0.15, 0.2) is 0 Å². The molecule has 0 aromatic carbocycles. The standard InChI is InChI=1S/C12H24N2O5S/c1-10(9-15)3-2-6-13-20(18,19)14-7-4-11(5-8-14)12(16)17/h10-11,13,15H,2-9H2,1H3,(H,16,17). The fraction of sp³-hybridized carbons (Fsp3) is 0.917. The van der Waals surface area contributed by atoms with Gasteiger partial charge in [-0.15, -0.1) is 0 Å². The van der Waals surface area contributed by atoms with Gasteiger partial charge in [0, 0.05) is 26.2 Å². The highest BCUT2D eigenvalue weighted by molar-refractivity contribution is 7.87. The van der Waals surface area contributed by atoms with Crippen LogP contribution in [0.3, 0.4) is 0 Å². The zero-order chi connectivity index (χ0) is 15.2. The van der Waals surface area contributed by atoms with Crippen molar-refractivity contribution in [1.82, 2.24) is 9.03 Å². The smallest absolute Gasteiger partial charge is 0.306 e. The summed E-state index contributed by atoms with van der Waals surface area (Å²) in [7, 11) is -3.51. The minimum atomic E-state index is -3.51. The second-order valence-corrected chi connectivity index (χ2v) is 7.10. The van der Waals surface area contributed by atoms with E-state index in [1.54, 1.807) is 0 Å². The lowest BCUT2D eigenvalue weighted by Gasteiger charge is -2.29. The van der Waals surface area contributed by atoms with Crippen molar-refractivity contribution in [2.75, 3.05) is 26.2 Å². The third kappa shape index (κ3) is 5.35. The minimum absolute atomic E-state index is 0.107. The number of nitrogens with zero attached hydrogens (tertiary/aromatic N) is 1. The van der Waals surface area contributed by atoms with Crippen LogP contribution in [0.25, 0.3) is 0 Å². The summed E-state index contributed by atoms with van der Waals surface area (Å²) in [5, 5.41) is 17.7. The van der Waals surface area contributed by atoms with Crippen LogP contribution in [-0.2, 0) is 15.0 Å². The molecule has 1 heterocycles. The third-order valence-corrected chi connectivity index (χ3v) is 5.23. The van der Waals surface area contributed by atoms with Crippen LogP contribution in [0.5, 0.6) is 0 Å². The minimum Gasteiger partial charge on any atom is -0.481 e. The molecule has 1 unspecified atom stereocenters. The summed E-state index contributed by atoms with van der Waals surface area (Å²) in [6.07, 6.45) is 2.15. The van der Waals surface area contributed by atoms with E-state index < -0.39 is 22.1 Å². The lowest BCUT2D eigenvalue weighted by atomic mass is 9.99. The van der Waals surface area contributed by atoms with Gasteiger partial charge in [0.1, 0.15) is 0 Å². The van der Waals surface area contributed by atoms with Crippen LogP contribution in [0.1, 0.15) is 32.6 Å². The Bertz CT molecular complexity index is 404. The lowest BCUT2D eigenvalue weighted by Crippen LogP contribution is -2.46. The number of aliphatic hydroxyl groups is 1. The molecule has 1 fully saturated rings. The summed E-state index contributed by atoms with van der Waals surface area (Å²) >= 11 is 0. The maximum Gasteiger partial charge on any atom is 0.306 e. The van der Waals surface area contributed by atoms with Gasteiger partial charge in [-0.2, -0.15) is 12.7 Å². The Hall–Kier alpha value is -0.700.